The molecule has 0 saturated carbocycles. The molecular formula is C32H43FN2O8. The monoisotopic (exact) mass is 602 g/mol. The van der Waals surface area contributed by atoms with E-state index in [0.29, 0.717) is 44.0 Å². The van der Waals surface area contributed by atoms with Gasteiger partial charge in [-0.1, -0.05) is 6.07 Å². The van der Waals surface area contributed by atoms with Gasteiger partial charge in [-0.05, 0) is 81.5 Å². The Labute approximate surface area is 252 Å². The van der Waals surface area contributed by atoms with Gasteiger partial charge in [0.1, 0.15) is 23.2 Å². The molecule has 0 spiro atoms. The lowest BCUT2D eigenvalue weighted by Gasteiger charge is -2.38. The first-order valence-corrected chi connectivity index (χ1v) is 15.0. The highest BCUT2D eigenvalue weighted by Crippen LogP contribution is 2.32. The number of carboxylic acid groups (broad SMARTS) is 2. The number of pyridine rings is 1. The first-order valence-electron chi connectivity index (χ1n) is 15.0. The molecule has 3 aliphatic rings. The molecule has 5 rings (SSSR count). The minimum Gasteiger partial charge on any atom is -0.496 e. The Morgan fingerprint density at radius 1 is 1.26 bits per heavy atom. The molecule has 2 saturated heterocycles. The van der Waals surface area contributed by atoms with Gasteiger partial charge in [-0.3, -0.25) is 19.5 Å². The first-order chi connectivity index (χ1) is 20.8. The third-order valence-electron chi connectivity index (χ3n) is 8.28. The molecule has 11 heteroatoms. The van der Waals surface area contributed by atoms with Crippen LogP contribution in [-0.2, 0) is 49.7 Å². The summed E-state index contributed by atoms with van der Waals surface area (Å²) in [5.74, 6) is -0.492. The van der Waals surface area contributed by atoms with Gasteiger partial charge in [0.2, 0.25) is 0 Å². The highest BCUT2D eigenvalue weighted by molar-refractivity contribution is 5.76. The minimum absolute atomic E-state index is 0.0527. The van der Waals surface area contributed by atoms with E-state index in [1.54, 1.807) is 13.2 Å². The molecule has 2 aromatic rings. The molecule has 43 heavy (non-hydrogen) atoms. The van der Waals surface area contributed by atoms with Crippen LogP contribution in [0.1, 0.15) is 73.1 Å². The van der Waals surface area contributed by atoms with Crippen molar-refractivity contribution in [2.75, 3.05) is 40.0 Å². The fraction of sp³-hybridized carbons (Fsp3) is 0.594. The Kier molecular flexibility index (Phi) is 11.9. The molecule has 1 aromatic heterocycles. The maximum Gasteiger partial charge on any atom is 0.325 e. The topological polar surface area (TPSA) is 128 Å². The molecule has 1 unspecified atom stereocenters. The van der Waals surface area contributed by atoms with Crippen molar-refractivity contribution in [2.45, 2.75) is 82.6 Å². The molecule has 1 aliphatic carbocycles. The smallest absolute Gasteiger partial charge is 0.325 e. The van der Waals surface area contributed by atoms with E-state index in [0.717, 1.165) is 50.0 Å². The van der Waals surface area contributed by atoms with Gasteiger partial charge in [0.05, 0.1) is 33.0 Å². The van der Waals surface area contributed by atoms with Gasteiger partial charge >= 0.3 is 5.97 Å². The Balaban J connectivity index is 0.00000135. The highest BCUT2D eigenvalue weighted by atomic mass is 19.1. The maximum atomic E-state index is 14.3. The third kappa shape index (κ3) is 8.72. The molecule has 2 aliphatic heterocycles. The fourth-order valence-corrected chi connectivity index (χ4v) is 5.98. The highest BCUT2D eigenvalue weighted by Gasteiger charge is 2.37. The summed E-state index contributed by atoms with van der Waals surface area (Å²) >= 11 is 0. The number of ether oxygens (including phenoxy) is 4. The van der Waals surface area contributed by atoms with E-state index in [1.807, 2.05) is 11.8 Å². The van der Waals surface area contributed by atoms with Gasteiger partial charge in [-0.15, -0.1) is 0 Å². The standard InChI is InChI=1S/C31H41FN2O6.CH2O2/c1-31(19-38-20-31)40-18-21-10-11-22(32)15-26(21)29(30(35)36)34-13-12-24(17-34)39-14-6-5-7-23-16-28(37-2)25-8-3-4-9-27(25)33-23;2-1-3/h10-11,15-16,24,29H,3-9,12-14,17-20H2,1-2H3,(H,35,36);1H,(H,2,3)/t24-,29?;/m1./s1. The lowest BCUT2D eigenvalue weighted by Crippen LogP contribution is -2.49. The van der Waals surface area contributed by atoms with Gasteiger partial charge in [0.15, 0.2) is 0 Å². The van der Waals surface area contributed by atoms with Crippen LogP contribution in [0, 0.1) is 5.82 Å². The molecule has 0 amide bonds. The largest absolute Gasteiger partial charge is 0.496 e. The number of aryl methyl sites for hydroxylation is 2. The molecule has 2 fully saturated rings. The molecule has 0 bridgehead atoms. The van der Waals surface area contributed by atoms with E-state index in [9.17, 15) is 14.3 Å². The average molecular weight is 603 g/mol. The van der Waals surface area contributed by atoms with E-state index in [-0.39, 0.29) is 24.8 Å². The number of likely N-dealkylation sites (tertiary alicyclic amines) is 1. The predicted octanol–water partition coefficient (Wildman–Crippen LogP) is 4.35. The number of rotatable bonds is 13. The third-order valence-corrected chi connectivity index (χ3v) is 8.28. The molecule has 2 atom stereocenters. The average Bonchev–Trinajstić information content (AvgIpc) is 3.43. The van der Waals surface area contributed by atoms with Crippen LogP contribution in [-0.4, -0.2) is 84.3 Å². The summed E-state index contributed by atoms with van der Waals surface area (Å²) < 4.78 is 37.3. The molecule has 2 N–H and O–H groups in total. The van der Waals surface area contributed by atoms with E-state index in [1.165, 1.54) is 36.2 Å². The number of hydrogen-bond donors (Lipinski definition) is 2. The summed E-state index contributed by atoms with van der Waals surface area (Å²) in [5, 5.41) is 17.0. The summed E-state index contributed by atoms with van der Waals surface area (Å²) in [5.41, 5.74) is 4.26. The van der Waals surface area contributed by atoms with Crippen molar-refractivity contribution in [1.82, 2.24) is 9.88 Å². The Morgan fingerprint density at radius 2 is 2.02 bits per heavy atom. The van der Waals surface area contributed by atoms with Crippen molar-refractivity contribution in [3.05, 3.63) is 58.2 Å². The van der Waals surface area contributed by atoms with Crippen LogP contribution >= 0.6 is 0 Å². The zero-order chi connectivity index (χ0) is 30.8. The molecule has 0 radical (unpaired) electrons. The van der Waals surface area contributed by atoms with Crippen LogP contribution in [0.2, 0.25) is 0 Å². The Morgan fingerprint density at radius 3 is 2.72 bits per heavy atom. The molecule has 236 valence electrons. The molecular weight excluding hydrogens is 559 g/mol. The zero-order valence-corrected chi connectivity index (χ0v) is 25.1. The Bertz CT molecular complexity index is 1220. The van der Waals surface area contributed by atoms with Crippen LogP contribution < -0.4 is 4.74 Å². The summed E-state index contributed by atoms with van der Waals surface area (Å²) in [6, 6.07) is 5.43. The number of hydrogen-bond acceptors (Lipinski definition) is 8. The van der Waals surface area contributed by atoms with Crippen molar-refractivity contribution >= 4 is 12.4 Å². The quantitative estimate of drug-likeness (QED) is 0.252. The number of nitrogens with zero attached hydrogens (tertiary/aromatic N) is 2. The summed E-state index contributed by atoms with van der Waals surface area (Å²) in [6.45, 7) is 4.57. The van der Waals surface area contributed by atoms with Gasteiger partial charge in [-0.2, -0.15) is 0 Å². The second-order valence-corrected chi connectivity index (χ2v) is 11.6. The van der Waals surface area contributed by atoms with Crippen LogP contribution in [0.4, 0.5) is 4.39 Å². The number of benzene rings is 1. The van der Waals surface area contributed by atoms with Crippen LogP contribution in [0.15, 0.2) is 24.3 Å². The van der Waals surface area contributed by atoms with Crippen LogP contribution in [0.3, 0.4) is 0 Å². The van der Waals surface area contributed by atoms with E-state index in [4.69, 9.17) is 33.8 Å². The summed E-state index contributed by atoms with van der Waals surface area (Å²) in [6.07, 6.45) is 7.87. The van der Waals surface area contributed by atoms with Crippen molar-refractivity contribution in [1.29, 1.82) is 0 Å². The molecule has 10 nitrogen and oxygen atoms in total. The van der Waals surface area contributed by atoms with E-state index < -0.39 is 17.8 Å². The number of fused-ring (bicyclic) bond motifs is 1. The number of aliphatic carboxylic acids is 1. The van der Waals surface area contributed by atoms with Gasteiger partial charge < -0.3 is 29.2 Å². The SMILES string of the molecule is COc1cc(CCCCO[C@@H]2CCN(C(C(=O)O)c3cc(F)ccc3COC3(C)COC3)C2)nc2c1CCCC2.O=CO. The Hall–Kier alpha value is -3.12. The van der Waals surface area contributed by atoms with Gasteiger partial charge in [0, 0.05) is 42.7 Å². The van der Waals surface area contributed by atoms with Crippen molar-refractivity contribution in [2.24, 2.45) is 0 Å². The fourth-order valence-electron chi connectivity index (χ4n) is 5.98. The second kappa shape index (κ2) is 15.6. The van der Waals surface area contributed by atoms with Crippen molar-refractivity contribution in [3.63, 3.8) is 0 Å². The van der Waals surface area contributed by atoms with Gasteiger partial charge in [-0.25, -0.2) is 4.39 Å². The minimum atomic E-state index is -1.00. The number of halogens is 1. The lowest BCUT2D eigenvalue weighted by atomic mass is 9.94. The summed E-state index contributed by atoms with van der Waals surface area (Å²) in [4.78, 5) is 27.5. The summed E-state index contributed by atoms with van der Waals surface area (Å²) in [7, 11) is 1.73. The predicted molar refractivity (Wildman–Crippen MR) is 156 cm³/mol. The normalized spacial score (nSPS) is 19.8. The number of unbranched alkanes of at least 4 members (excludes halogenated alkanes) is 1. The van der Waals surface area contributed by atoms with E-state index in [2.05, 4.69) is 6.07 Å². The molecule has 1 aromatic carbocycles. The zero-order valence-electron chi connectivity index (χ0n) is 25.1. The van der Waals surface area contributed by atoms with E-state index >= 15 is 0 Å². The first kappa shape index (κ1) is 32.8. The molecule has 3 heterocycles. The van der Waals surface area contributed by atoms with Crippen LogP contribution in [0.25, 0.3) is 0 Å². The number of carboxylic acids is 1. The number of aromatic nitrogens is 1. The van der Waals surface area contributed by atoms with Gasteiger partial charge in [0.25, 0.3) is 6.47 Å². The van der Waals surface area contributed by atoms with Crippen LogP contribution in [0.5, 0.6) is 5.75 Å². The number of methoxy groups -OCH3 is 1. The second-order valence-electron chi connectivity index (χ2n) is 11.6. The number of carbonyl (C=O) groups is 2. The van der Waals surface area contributed by atoms with Crippen molar-refractivity contribution in [3.8, 4) is 5.75 Å². The lowest BCUT2D eigenvalue weighted by molar-refractivity contribution is -0.204. The van der Waals surface area contributed by atoms with Crippen molar-refractivity contribution < 1.29 is 43.1 Å². The maximum absolute atomic E-state index is 14.3.